The van der Waals surface area contributed by atoms with Crippen LogP contribution in [0.2, 0.25) is 0 Å². The molecule has 0 amide bonds. The topological polar surface area (TPSA) is 24.1 Å². The van der Waals surface area contributed by atoms with Crippen molar-refractivity contribution in [2.45, 2.75) is 19.8 Å². The highest BCUT2D eigenvalue weighted by atomic mass is 15.0. The summed E-state index contributed by atoms with van der Waals surface area (Å²) in [5, 5.41) is 6.83. The number of hydrogen-bond acceptors (Lipinski definition) is 2. The predicted octanol–water partition coefficient (Wildman–Crippen LogP) is 1.38. The van der Waals surface area contributed by atoms with Gasteiger partial charge in [0.1, 0.15) is 0 Å². The zero-order chi connectivity index (χ0) is 8.39. The Morgan fingerprint density at radius 1 is 1.08 bits per heavy atom. The Hall–Kier alpha value is -0.920. The van der Waals surface area contributed by atoms with Crippen molar-refractivity contribution < 1.29 is 0 Å². The monoisotopic (exact) mass is 164 g/mol. The Morgan fingerprint density at radius 3 is 1.92 bits per heavy atom. The lowest BCUT2D eigenvalue weighted by molar-refractivity contribution is 0.667. The highest BCUT2D eigenvalue weighted by Crippen LogP contribution is 2.21. The Morgan fingerprint density at radius 2 is 1.58 bits per heavy atom. The second-order valence-electron chi connectivity index (χ2n) is 3.47. The van der Waals surface area contributed by atoms with Gasteiger partial charge in [-0.3, -0.25) is 0 Å². The van der Waals surface area contributed by atoms with Gasteiger partial charge in [-0.1, -0.05) is 19.1 Å². The predicted molar refractivity (Wildman–Crippen MR) is 50.6 cm³/mol. The molecule has 2 heteroatoms. The molecule has 0 atom stereocenters. The SMILES string of the molecule is CC(C1=CCCN1)C1=CCCN1. The van der Waals surface area contributed by atoms with Gasteiger partial charge in [0.15, 0.2) is 0 Å². The summed E-state index contributed by atoms with van der Waals surface area (Å²) in [5.41, 5.74) is 2.80. The molecular formula is C10H16N2. The Labute approximate surface area is 73.7 Å². The largest absolute Gasteiger partial charge is 0.388 e. The molecule has 0 unspecified atom stereocenters. The molecule has 12 heavy (non-hydrogen) atoms. The second kappa shape index (κ2) is 3.21. The van der Waals surface area contributed by atoms with Crippen molar-refractivity contribution in [2.75, 3.05) is 13.1 Å². The molecule has 0 aliphatic carbocycles. The lowest BCUT2D eigenvalue weighted by Crippen LogP contribution is -2.21. The standard InChI is InChI=1S/C10H16N2/c1-8(9-4-2-6-11-9)10-5-3-7-12-10/h4-5,8,11-12H,2-3,6-7H2,1H3. The van der Waals surface area contributed by atoms with Crippen LogP contribution < -0.4 is 10.6 Å². The molecule has 2 heterocycles. The molecule has 2 aliphatic heterocycles. The van der Waals surface area contributed by atoms with Crippen molar-refractivity contribution in [3.8, 4) is 0 Å². The van der Waals surface area contributed by atoms with Crippen molar-refractivity contribution in [1.29, 1.82) is 0 Å². The lowest BCUT2D eigenvalue weighted by Gasteiger charge is -2.15. The molecule has 0 saturated carbocycles. The van der Waals surface area contributed by atoms with E-state index in [1.54, 1.807) is 0 Å². The minimum atomic E-state index is 0.551. The van der Waals surface area contributed by atoms with Crippen LogP contribution >= 0.6 is 0 Å². The van der Waals surface area contributed by atoms with Crippen LogP contribution in [0.4, 0.5) is 0 Å². The summed E-state index contributed by atoms with van der Waals surface area (Å²) in [6.07, 6.45) is 7.00. The van der Waals surface area contributed by atoms with Crippen LogP contribution in [0.3, 0.4) is 0 Å². The van der Waals surface area contributed by atoms with Gasteiger partial charge < -0.3 is 10.6 Å². The maximum absolute atomic E-state index is 3.41. The molecule has 66 valence electrons. The van der Waals surface area contributed by atoms with E-state index in [-0.39, 0.29) is 0 Å². The number of nitrogens with one attached hydrogen (secondary N) is 2. The van der Waals surface area contributed by atoms with Crippen LogP contribution in [0.25, 0.3) is 0 Å². The molecule has 2 aliphatic rings. The van der Waals surface area contributed by atoms with Crippen molar-refractivity contribution >= 4 is 0 Å². The van der Waals surface area contributed by atoms with Gasteiger partial charge in [0.25, 0.3) is 0 Å². The molecule has 0 radical (unpaired) electrons. The summed E-state index contributed by atoms with van der Waals surface area (Å²) >= 11 is 0. The van der Waals surface area contributed by atoms with E-state index in [9.17, 15) is 0 Å². The average molecular weight is 164 g/mol. The fourth-order valence-corrected chi connectivity index (χ4v) is 1.86. The smallest absolute Gasteiger partial charge is 0.0350 e. The second-order valence-corrected chi connectivity index (χ2v) is 3.47. The highest BCUT2D eigenvalue weighted by Gasteiger charge is 2.17. The van der Waals surface area contributed by atoms with Crippen LogP contribution in [0.15, 0.2) is 23.5 Å². The first-order valence-corrected chi connectivity index (χ1v) is 4.76. The summed E-state index contributed by atoms with van der Waals surface area (Å²) in [7, 11) is 0. The van der Waals surface area contributed by atoms with Crippen LogP contribution in [0.1, 0.15) is 19.8 Å². The molecule has 2 nitrogen and oxygen atoms in total. The summed E-state index contributed by atoms with van der Waals surface area (Å²) in [4.78, 5) is 0. The summed E-state index contributed by atoms with van der Waals surface area (Å²) in [6.45, 7) is 4.49. The first-order valence-electron chi connectivity index (χ1n) is 4.76. The van der Waals surface area contributed by atoms with E-state index in [1.807, 2.05) is 0 Å². The minimum Gasteiger partial charge on any atom is -0.388 e. The third kappa shape index (κ3) is 1.33. The van der Waals surface area contributed by atoms with E-state index in [0.29, 0.717) is 5.92 Å². The molecule has 2 rings (SSSR count). The van der Waals surface area contributed by atoms with Gasteiger partial charge in [-0.25, -0.2) is 0 Å². The number of hydrogen-bond donors (Lipinski definition) is 2. The maximum Gasteiger partial charge on any atom is 0.0350 e. The van der Waals surface area contributed by atoms with Gasteiger partial charge in [0.05, 0.1) is 0 Å². The van der Waals surface area contributed by atoms with Gasteiger partial charge in [-0.05, 0) is 12.8 Å². The average Bonchev–Trinajstić information content (AvgIpc) is 2.77. The summed E-state index contributed by atoms with van der Waals surface area (Å²) < 4.78 is 0. The first kappa shape index (κ1) is 7.71. The molecule has 2 N–H and O–H groups in total. The zero-order valence-electron chi connectivity index (χ0n) is 7.56. The van der Waals surface area contributed by atoms with E-state index in [1.165, 1.54) is 24.2 Å². The minimum absolute atomic E-state index is 0.551. The molecule has 0 bridgehead atoms. The lowest BCUT2D eigenvalue weighted by atomic mass is 10.0. The summed E-state index contributed by atoms with van der Waals surface area (Å²) in [5.74, 6) is 0.551. The fourth-order valence-electron chi connectivity index (χ4n) is 1.86. The quantitative estimate of drug-likeness (QED) is 0.644. The highest BCUT2D eigenvalue weighted by molar-refractivity contribution is 5.22. The summed E-state index contributed by atoms with van der Waals surface area (Å²) in [6, 6.07) is 0. The number of rotatable bonds is 2. The van der Waals surface area contributed by atoms with Gasteiger partial charge in [0.2, 0.25) is 0 Å². The zero-order valence-corrected chi connectivity index (χ0v) is 7.56. The van der Waals surface area contributed by atoms with Crippen molar-refractivity contribution in [3.05, 3.63) is 23.5 Å². The molecule has 0 aromatic rings. The van der Waals surface area contributed by atoms with E-state index in [4.69, 9.17) is 0 Å². The third-order valence-electron chi connectivity index (χ3n) is 2.61. The van der Waals surface area contributed by atoms with Gasteiger partial charge in [-0.2, -0.15) is 0 Å². The van der Waals surface area contributed by atoms with E-state index in [2.05, 4.69) is 29.7 Å². The normalized spacial score (nSPS) is 21.8. The van der Waals surface area contributed by atoms with Crippen LogP contribution in [-0.4, -0.2) is 13.1 Å². The Kier molecular flexibility index (Phi) is 2.07. The Balaban J connectivity index is 2.03. The van der Waals surface area contributed by atoms with Gasteiger partial charge >= 0.3 is 0 Å². The van der Waals surface area contributed by atoms with Crippen molar-refractivity contribution in [1.82, 2.24) is 10.6 Å². The van der Waals surface area contributed by atoms with Crippen LogP contribution in [0, 0.1) is 5.92 Å². The fraction of sp³-hybridized carbons (Fsp3) is 0.600. The third-order valence-corrected chi connectivity index (χ3v) is 2.61. The molecule has 0 saturated heterocycles. The van der Waals surface area contributed by atoms with E-state index in [0.717, 1.165) is 13.1 Å². The van der Waals surface area contributed by atoms with Gasteiger partial charge in [-0.15, -0.1) is 0 Å². The molecule has 0 aromatic carbocycles. The first-order chi connectivity index (χ1) is 5.88. The van der Waals surface area contributed by atoms with Crippen molar-refractivity contribution in [2.24, 2.45) is 5.92 Å². The van der Waals surface area contributed by atoms with Crippen molar-refractivity contribution in [3.63, 3.8) is 0 Å². The van der Waals surface area contributed by atoms with Crippen LogP contribution in [-0.2, 0) is 0 Å². The molecule has 0 aromatic heterocycles. The molecule has 0 fully saturated rings. The molecule has 0 spiro atoms. The molecular weight excluding hydrogens is 148 g/mol. The van der Waals surface area contributed by atoms with E-state index >= 15 is 0 Å². The maximum atomic E-state index is 3.41. The van der Waals surface area contributed by atoms with Crippen LogP contribution in [0.5, 0.6) is 0 Å². The van der Waals surface area contributed by atoms with Gasteiger partial charge in [0, 0.05) is 30.4 Å². The van der Waals surface area contributed by atoms with E-state index < -0.39 is 0 Å². The Bertz CT molecular complexity index is 204.